The summed E-state index contributed by atoms with van der Waals surface area (Å²) in [5, 5.41) is 8.48. The number of hydrogen-bond acceptors (Lipinski definition) is 7. The molecule has 0 saturated heterocycles. The lowest BCUT2D eigenvalue weighted by Gasteiger charge is -2.24. The minimum Gasteiger partial charge on any atom is -0.485 e. The molecule has 0 aromatic heterocycles. The van der Waals surface area contributed by atoms with Crippen molar-refractivity contribution in [2.75, 3.05) is 24.2 Å². The second-order valence-corrected chi connectivity index (χ2v) is 7.71. The Labute approximate surface area is 173 Å². The number of thioether (sulfide) groups is 1. The fraction of sp³-hybridized carbons (Fsp3) is 0.286. The fourth-order valence-corrected chi connectivity index (χ4v) is 3.72. The number of nitrogens with one attached hydrogen (secondary N) is 2. The molecule has 1 amide bonds. The number of rotatable bonds is 4. The van der Waals surface area contributed by atoms with Crippen molar-refractivity contribution in [2.24, 2.45) is 10.1 Å². The van der Waals surface area contributed by atoms with Crippen molar-refractivity contribution in [2.45, 2.75) is 19.4 Å². The minimum absolute atomic E-state index is 0.152. The molecule has 2 aromatic carbocycles. The second kappa shape index (κ2) is 9.00. The lowest BCUT2D eigenvalue weighted by Crippen LogP contribution is -2.42. The van der Waals surface area contributed by atoms with Crippen LogP contribution >= 0.6 is 11.8 Å². The Balaban J connectivity index is 1.34. The molecule has 2 aliphatic rings. The molecule has 4 rings (SSSR count). The highest BCUT2D eigenvalue weighted by atomic mass is 32.2. The first-order chi connectivity index (χ1) is 14.2. The van der Waals surface area contributed by atoms with E-state index in [1.165, 1.54) is 0 Å². The van der Waals surface area contributed by atoms with Crippen molar-refractivity contribution in [3.8, 4) is 11.5 Å². The third-order valence-electron chi connectivity index (χ3n) is 4.49. The maximum Gasteiger partial charge on any atom is 0.284 e. The highest BCUT2D eigenvalue weighted by Crippen LogP contribution is 2.30. The first-order valence-electron chi connectivity index (χ1n) is 9.46. The van der Waals surface area contributed by atoms with Crippen molar-refractivity contribution in [3.05, 3.63) is 54.1 Å². The van der Waals surface area contributed by atoms with Crippen molar-refractivity contribution in [1.82, 2.24) is 5.43 Å². The molecule has 0 aliphatic carbocycles. The number of aliphatic imine (C=N–C) groups is 1. The summed E-state index contributed by atoms with van der Waals surface area (Å²) < 4.78 is 11.3. The van der Waals surface area contributed by atoms with Crippen LogP contribution in [-0.4, -0.2) is 41.8 Å². The van der Waals surface area contributed by atoms with Gasteiger partial charge < -0.3 is 14.8 Å². The average molecular weight is 410 g/mol. The van der Waals surface area contributed by atoms with E-state index in [2.05, 4.69) is 20.8 Å². The number of ether oxygens (including phenoxy) is 2. The van der Waals surface area contributed by atoms with Gasteiger partial charge in [0.05, 0.1) is 5.71 Å². The standard InChI is InChI=1S/C21H22N4O3S/c1-14(15-7-9-16(10-8-15)23-21-22-11-4-12-29-21)24-25-20(26)19-13-27-17-5-2-3-6-18(17)28-19/h2-3,5-10,19H,4,11-13H2,1H3,(H,22,23)(H,25,26)/b24-14-/t19-/m1/s1. The number of para-hydroxylation sites is 2. The van der Waals surface area contributed by atoms with Gasteiger partial charge >= 0.3 is 0 Å². The molecule has 7 nitrogen and oxygen atoms in total. The second-order valence-electron chi connectivity index (χ2n) is 6.63. The third kappa shape index (κ3) is 4.89. The van der Waals surface area contributed by atoms with Crippen LogP contribution in [0.1, 0.15) is 18.9 Å². The zero-order valence-electron chi connectivity index (χ0n) is 16.1. The Bertz CT molecular complexity index is 943. The predicted molar refractivity (Wildman–Crippen MR) is 116 cm³/mol. The summed E-state index contributed by atoms with van der Waals surface area (Å²) in [5.41, 5.74) is 5.16. The largest absolute Gasteiger partial charge is 0.485 e. The Kier molecular flexibility index (Phi) is 6.00. The van der Waals surface area contributed by atoms with E-state index in [0.717, 1.165) is 35.1 Å². The molecule has 0 fully saturated rings. The summed E-state index contributed by atoms with van der Waals surface area (Å²) in [7, 11) is 0. The smallest absolute Gasteiger partial charge is 0.284 e. The topological polar surface area (TPSA) is 84.3 Å². The molecule has 2 aliphatic heterocycles. The lowest BCUT2D eigenvalue weighted by atomic mass is 10.1. The third-order valence-corrected chi connectivity index (χ3v) is 5.48. The normalized spacial score (nSPS) is 18.6. The molecule has 1 atom stereocenters. The molecule has 0 spiro atoms. The van der Waals surface area contributed by atoms with Gasteiger partial charge in [-0.1, -0.05) is 36.0 Å². The van der Waals surface area contributed by atoms with Crippen LogP contribution in [0.5, 0.6) is 11.5 Å². The number of hydrogen-bond donors (Lipinski definition) is 2. The fourth-order valence-electron chi connectivity index (χ4n) is 2.88. The highest BCUT2D eigenvalue weighted by molar-refractivity contribution is 8.14. The molecule has 29 heavy (non-hydrogen) atoms. The molecular formula is C21H22N4O3S. The highest BCUT2D eigenvalue weighted by Gasteiger charge is 2.27. The number of benzene rings is 2. The number of carbonyl (C=O) groups excluding carboxylic acids is 1. The number of hydrazone groups is 1. The van der Waals surface area contributed by atoms with E-state index in [-0.39, 0.29) is 12.5 Å². The lowest BCUT2D eigenvalue weighted by molar-refractivity contribution is -0.130. The molecule has 150 valence electrons. The summed E-state index contributed by atoms with van der Waals surface area (Å²) in [5.74, 6) is 1.95. The van der Waals surface area contributed by atoms with E-state index in [0.29, 0.717) is 17.2 Å². The van der Waals surface area contributed by atoms with Gasteiger partial charge in [-0.3, -0.25) is 9.79 Å². The van der Waals surface area contributed by atoms with Crippen molar-refractivity contribution < 1.29 is 14.3 Å². The molecule has 2 N–H and O–H groups in total. The van der Waals surface area contributed by atoms with Crippen molar-refractivity contribution >= 4 is 34.2 Å². The Morgan fingerprint density at radius 2 is 1.97 bits per heavy atom. The van der Waals surface area contributed by atoms with Crippen LogP contribution in [0.3, 0.4) is 0 Å². The number of carbonyl (C=O) groups is 1. The van der Waals surface area contributed by atoms with Crippen LogP contribution in [0, 0.1) is 0 Å². The van der Waals surface area contributed by atoms with Gasteiger partial charge in [-0.05, 0) is 43.2 Å². The summed E-state index contributed by atoms with van der Waals surface area (Å²) in [6.07, 6.45) is 0.391. The molecule has 0 unspecified atom stereocenters. The predicted octanol–water partition coefficient (Wildman–Crippen LogP) is 3.27. The van der Waals surface area contributed by atoms with Crippen LogP contribution < -0.4 is 20.2 Å². The Morgan fingerprint density at radius 1 is 1.17 bits per heavy atom. The van der Waals surface area contributed by atoms with E-state index in [9.17, 15) is 4.79 Å². The maximum atomic E-state index is 12.4. The first-order valence-corrected chi connectivity index (χ1v) is 10.4. The summed E-state index contributed by atoms with van der Waals surface area (Å²) in [4.78, 5) is 16.8. The Morgan fingerprint density at radius 3 is 2.72 bits per heavy atom. The van der Waals surface area contributed by atoms with E-state index < -0.39 is 6.10 Å². The number of nitrogens with zero attached hydrogens (tertiary/aromatic N) is 2. The van der Waals surface area contributed by atoms with Crippen LogP contribution in [0.4, 0.5) is 5.69 Å². The van der Waals surface area contributed by atoms with E-state index in [1.807, 2.05) is 49.4 Å². The Hall–Kier alpha value is -3.00. The monoisotopic (exact) mass is 410 g/mol. The molecule has 8 heteroatoms. The van der Waals surface area contributed by atoms with Gasteiger partial charge in [-0.25, -0.2) is 5.43 Å². The van der Waals surface area contributed by atoms with Gasteiger partial charge in [0.25, 0.3) is 5.91 Å². The molecule has 0 bridgehead atoms. The van der Waals surface area contributed by atoms with Gasteiger partial charge in [-0.2, -0.15) is 5.10 Å². The van der Waals surface area contributed by atoms with E-state index in [1.54, 1.807) is 17.8 Å². The molecule has 0 saturated carbocycles. The quantitative estimate of drug-likeness (QED) is 0.597. The minimum atomic E-state index is -0.734. The summed E-state index contributed by atoms with van der Waals surface area (Å²) in [6, 6.07) is 15.1. The number of fused-ring (bicyclic) bond motifs is 1. The van der Waals surface area contributed by atoms with Crippen LogP contribution in [0.2, 0.25) is 0 Å². The summed E-state index contributed by atoms with van der Waals surface area (Å²) in [6.45, 7) is 2.87. The SMILES string of the molecule is C/C(=N/NC(=O)[C@H]1COc2ccccc2O1)c1ccc(NC2=NCCCS2)cc1. The number of anilines is 1. The van der Waals surface area contributed by atoms with E-state index in [4.69, 9.17) is 9.47 Å². The zero-order chi connectivity index (χ0) is 20.1. The molecule has 2 heterocycles. The van der Waals surface area contributed by atoms with Gasteiger partial charge in [0, 0.05) is 18.0 Å². The van der Waals surface area contributed by atoms with Crippen LogP contribution in [-0.2, 0) is 4.79 Å². The molecule has 0 radical (unpaired) electrons. The van der Waals surface area contributed by atoms with Crippen molar-refractivity contribution in [3.63, 3.8) is 0 Å². The van der Waals surface area contributed by atoms with Gasteiger partial charge in [-0.15, -0.1) is 0 Å². The van der Waals surface area contributed by atoms with Crippen LogP contribution in [0.15, 0.2) is 58.6 Å². The maximum absolute atomic E-state index is 12.4. The molecular weight excluding hydrogens is 388 g/mol. The van der Waals surface area contributed by atoms with Gasteiger partial charge in [0.2, 0.25) is 6.10 Å². The average Bonchev–Trinajstić information content (AvgIpc) is 2.78. The first kappa shape index (κ1) is 19.3. The summed E-state index contributed by atoms with van der Waals surface area (Å²) >= 11 is 1.73. The van der Waals surface area contributed by atoms with E-state index >= 15 is 0 Å². The van der Waals surface area contributed by atoms with Gasteiger partial charge in [0.15, 0.2) is 16.7 Å². The van der Waals surface area contributed by atoms with Crippen LogP contribution in [0.25, 0.3) is 0 Å². The van der Waals surface area contributed by atoms with Crippen molar-refractivity contribution in [1.29, 1.82) is 0 Å². The molecule has 2 aromatic rings. The van der Waals surface area contributed by atoms with Gasteiger partial charge in [0.1, 0.15) is 6.61 Å². The number of amides is 1. The zero-order valence-corrected chi connectivity index (χ0v) is 16.9. The number of amidine groups is 1.